The van der Waals surface area contributed by atoms with Crippen LogP contribution in [0.4, 0.5) is 5.69 Å². The molecule has 32 heavy (non-hydrogen) atoms. The Morgan fingerprint density at radius 1 is 1.12 bits per heavy atom. The molecular weight excluding hydrogens is 450 g/mol. The fourth-order valence-electron chi connectivity index (χ4n) is 3.89. The van der Waals surface area contributed by atoms with Crippen molar-refractivity contribution in [1.82, 2.24) is 9.62 Å². The average molecular weight is 480 g/mol. The normalized spacial score (nSPS) is 15.1. The Bertz CT molecular complexity index is 1030. The van der Waals surface area contributed by atoms with Crippen LogP contribution in [0.1, 0.15) is 37.0 Å². The van der Waals surface area contributed by atoms with Crippen LogP contribution in [0.25, 0.3) is 0 Å². The molecular formula is C23H30ClN3O4S. The number of carbonyl (C=O) groups is 1. The number of halogens is 1. The third kappa shape index (κ3) is 5.36. The molecule has 1 aliphatic rings. The molecule has 1 fully saturated rings. The molecule has 7 nitrogen and oxygen atoms in total. The first-order valence-corrected chi connectivity index (χ1v) is 12.6. The van der Waals surface area contributed by atoms with Gasteiger partial charge < -0.3 is 15.0 Å². The minimum atomic E-state index is -3.76. The van der Waals surface area contributed by atoms with E-state index in [-0.39, 0.29) is 27.4 Å². The minimum absolute atomic E-state index is 0.0236. The third-order valence-corrected chi connectivity index (χ3v) is 8.32. The van der Waals surface area contributed by atoms with Crippen LogP contribution in [-0.4, -0.2) is 58.0 Å². The maximum atomic E-state index is 12.9. The van der Waals surface area contributed by atoms with Crippen molar-refractivity contribution >= 4 is 33.2 Å². The van der Waals surface area contributed by atoms with Gasteiger partial charge in [0.1, 0.15) is 10.6 Å². The number of rotatable bonds is 8. The van der Waals surface area contributed by atoms with Gasteiger partial charge in [0.15, 0.2) is 0 Å². The molecule has 0 radical (unpaired) electrons. The number of nitrogens with one attached hydrogen (secondary N) is 1. The number of anilines is 1. The predicted molar refractivity (Wildman–Crippen MR) is 127 cm³/mol. The summed E-state index contributed by atoms with van der Waals surface area (Å²) in [6.45, 7) is 5.84. The summed E-state index contributed by atoms with van der Waals surface area (Å²) in [6, 6.07) is 12.4. The van der Waals surface area contributed by atoms with Crippen LogP contribution in [0.3, 0.4) is 0 Å². The summed E-state index contributed by atoms with van der Waals surface area (Å²) in [6.07, 6.45) is 1.60. The second-order valence-corrected chi connectivity index (χ2v) is 9.98. The van der Waals surface area contributed by atoms with E-state index < -0.39 is 10.0 Å². The smallest absolute Gasteiger partial charge is 0.251 e. The molecule has 1 N–H and O–H groups in total. The predicted octanol–water partition coefficient (Wildman–Crippen LogP) is 3.78. The molecule has 0 aromatic heterocycles. The number of nitrogens with zero attached hydrogens (tertiary/aromatic N) is 2. The number of benzene rings is 2. The SMILES string of the molecule is CCN(CC)S(=O)(=O)c1cc(C(=O)NC2CCN(c3ccc(OC)cc3)CC2)ccc1Cl. The third-order valence-electron chi connectivity index (χ3n) is 5.78. The van der Waals surface area contributed by atoms with Crippen LogP contribution >= 0.6 is 11.6 Å². The standard InChI is InChI=1S/C23H30ClN3O4S/c1-4-27(5-2)32(29,30)22-16-17(6-11-21(22)24)23(28)25-18-12-14-26(15-13-18)19-7-9-20(31-3)10-8-19/h6-11,16,18H,4-5,12-15H2,1-3H3,(H,25,28). The highest BCUT2D eigenvalue weighted by atomic mass is 35.5. The molecule has 2 aromatic rings. The molecule has 2 aromatic carbocycles. The zero-order chi connectivity index (χ0) is 23.3. The highest BCUT2D eigenvalue weighted by Crippen LogP contribution is 2.27. The monoisotopic (exact) mass is 479 g/mol. The first-order valence-electron chi connectivity index (χ1n) is 10.8. The van der Waals surface area contributed by atoms with Gasteiger partial charge in [-0.25, -0.2) is 8.42 Å². The number of amides is 1. The zero-order valence-corrected chi connectivity index (χ0v) is 20.2. The molecule has 3 rings (SSSR count). The van der Waals surface area contributed by atoms with Crippen LogP contribution in [-0.2, 0) is 10.0 Å². The molecule has 0 unspecified atom stereocenters. The largest absolute Gasteiger partial charge is 0.497 e. The van der Waals surface area contributed by atoms with Crippen LogP contribution in [0.2, 0.25) is 5.02 Å². The second-order valence-electron chi connectivity index (χ2n) is 7.67. The van der Waals surface area contributed by atoms with Gasteiger partial charge in [-0.05, 0) is 55.3 Å². The van der Waals surface area contributed by atoms with Gasteiger partial charge in [-0.1, -0.05) is 25.4 Å². The first-order chi connectivity index (χ1) is 15.3. The van der Waals surface area contributed by atoms with Crippen molar-refractivity contribution in [1.29, 1.82) is 0 Å². The zero-order valence-electron chi connectivity index (χ0n) is 18.7. The molecule has 1 heterocycles. The summed E-state index contributed by atoms with van der Waals surface area (Å²) < 4.78 is 32.3. The summed E-state index contributed by atoms with van der Waals surface area (Å²) in [5.41, 5.74) is 1.41. The van der Waals surface area contributed by atoms with E-state index in [1.54, 1.807) is 27.0 Å². The number of ether oxygens (including phenoxy) is 1. The number of carbonyl (C=O) groups excluding carboxylic acids is 1. The summed E-state index contributed by atoms with van der Waals surface area (Å²) in [5.74, 6) is 0.529. The molecule has 0 aliphatic carbocycles. The molecule has 0 atom stereocenters. The Labute approximate surface area is 195 Å². The summed E-state index contributed by atoms with van der Waals surface area (Å²) in [5, 5.41) is 3.16. The number of sulfonamides is 1. The van der Waals surface area contributed by atoms with Crippen molar-refractivity contribution in [3.8, 4) is 5.75 Å². The Morgan fingerprint density at radius 3 is 2.31 bits per heavy atom. The van der Waals surface area contributed by atoms with Crippen LogP contribution in [0.15, 0.2) is 47.4 Å². The van der Waals surface area contributed by atoms with Gasteiger partial charge in [-0.3, -0.25) is 4.79 Å². The Kier molecular flexibility index (Phi) is 8.03. The van der Waals surface area contributed by atoms with Gasteiger partial charge in [-0.15, -0.1) is 0 Å². The Hall–Kier alpha value is -2.29. The van der Waals surface area contributed by atoms with Gasteiger partial charge in [-0.2, -0.15) is 4.31 Å². The van der Waals surface area contributed by atoms with Gasteiger partial charge >= 0.3 is 0 Å². The van der Waals surface area contributed by atoms with Crippen LogP contribution in [0, 0.1) is 0 Å². The van der Waals surface area contributed by atoms with E-state index in [1.807, 2.05) is 24.3 Å². The van der Waals surface area contributed by atoms with Crippen molar-refractivity contribution in [2.24, 2.45) is 0 Å². The summed E-state index contributed by atoms with van der Waals surface area (Å²) in [4.78, 5) is 15.1. The van der Waals surface area contributed by atoms with Crippen molar-refractivity contribution < 1.29 is 17.9 Å². The second kappa shape index (κ2) is 10.6. The number of methoxy groups -OCH3 is 1. The van der Waals surface area contributed by atoms with E-state index in [0.717, 1.165) is 37.4 Å². The highest BCUT2D eigenvalue weighted by molar-refractivity contribution is 7.89. The van der Waals surface area contributed by atoms with E-state index in [1.165, 1.54) is 16.4 Å². The summed E-state index contributed by atoms with van der Waals surface area (Å²) in [7, 11) is -2.11. The van der Waals surface area contributed by atoms with Gasteiger partial charge in [0.05, 0.1) is 12.1 Å². The van der Waals surface area contributed by atoms with E-state index in [4.69, 9.17) is 16.3 Å². The Balaban J connectivity index is 1.65. The van der Waals surface area contributed by atoms with Crippen LogP contribution < -0.4 is 15.0 Å². The van der Waals surface area contributed by atoms with Gasteiger partial charge in [0, 0.05) is 43.5 Å². The molecule has 0 bridgehead atoms. The maximum absolute atomic E-state index is 12.9. The molecule has 1 amide bonds. The number of hydrogen-bond donors (Lipinski definition) is 1. The van der Waals surface area contributed by atoms with Crippen molar-refractivity contribution in [2.75, 3.05) is 38.2 Å². The molecule has 0 saturated carbocycles. The molecule has 0 spiro atoms. The maximum Gasteiger partial charge on any atom is 0.251 e. The number of hydrogen-bond acceptors (Lipinski definition) is 5. The van der Waals surface area contributed by atoms with Gasteiger partial charge in [0.2, 0.25) is 10.0 Å². The topological polar surface area (TPSA) is 79.0 Å². The van der Waals surface area contributed by atoms with E-state index >= 15 is 0 Å². The molecule has 174 valence electrons. The molecule has 1 aliphatic heterocycles. The lowest BCUT2D eigenvalue weighted by Crippen LogP contribution is -2.44. The fourth-order valence-corrected chi connectivity index (χ4v) is 5.85. The average Bonchev–Trinajstić information content (AvgIpc) is 2.80. The van der Waals surface area contributed by atoms with E-state index in [0.29, 0.717) is 13.1 Å². The van der Waals surface area contributed by atoms with Crippen molar-refractivity contribution in [2.45, 2.75) is 37.6 Å². The van der Waals surface area contributed by atoms with E-state index in [2.05, 4.69) is 10.2 Å². The summed E-state index contributed by atoms with van der Waals surface area (Å²) >= 11 is 6.18. The minimum Gasteiger partial charge on any atom is -0.497 e. The fraction of sp³-hybridized carbons (Fsp3) is 0.435. The Morgan fingerprint density at radius 2 is 1.75 bits per heavy atom. The van der Waals surface area contributed by atoms with Crippen molar-refractivity contribution in [3.05, 3.63) is 53.1 Å². The molecule has 1 saturated heterocycles. The quantitative estimate of drug-likeness (QED) is 0.623. The first kappa shape index (κ1) is 24.4. The van der Waals surface area contributed by atoms with E-state index in [9.17, 15) is 13.2 Å². The van der Waals surface area contributed by atoms with Crippen molar-refractivity contribution in [3.63, 3.8) is 0 Å². The number of piperidine rings is 1. The molecule has 9 heteroatoms. The lowest BCUT2D eigenvalue weighted by molar-refractivity contribution is 0.0931. The van der Waals surface area contributed by atoms with Gasteiger partial charge in [0.25, 0.3) is 5.91 Å². The van der Waals surface area contributed by atoms with Crippen LogP contribution in [0.5, 0.6) is 5.75 Å². The highest BCUT2D eigenvalue weighted by Gasteiger charge is 2.27. The lowest BCUT2D eigenvalue weighted by atomic mass is 10.0. The lowest BCUT2D eigenvalue weighted by Gasteiger charge is -2.34.